The monoisotopic (exact) mass is 214 g/mol. The molecule has 0 aliphatic rings. The first-order valence-corrected chi connectivity index (χ1v) is 4.74. The van der Waals surface area contributed by atoms with E-state index >= 15 is 0 Å². The van der Waals surface area contributed by atoms with Gasteiger partial charge in [-0.3, -0.25) is 4.57 Å². The molecule has 1 aromatic heterocycles. The molecular weight excluding hydrogens is 204 g/mol. The lowest BCUT2D eigenvalue weighted by atomic mass is 10.3. The van der Waals surface area contributed by atoms with Crippen molar-refractivity contribution in [1.29, 1.82) is 0 Å². The molecule has 0 bridgehead atoms. The molecule has 1 aromatic carbocycles. The first-order chi connectivity index (χ1) is 7.81. The predicted octanol–water partition coefficient (Wildman–Crippen LogP) is 1.96. The van der Waals surface area contributed by atoms with Gasteiger partial charge in [-0.15, -0.1) is 0 Å². The van der Waals surface area contributed by atoms with Gasteiger partial charge in [0.2, 0.25) is 0 Å². The number of carbonyl (C=O) groups is 1. The number of aromatic nitrogens is 2. The van der Waals surface area contributed by atoms with Crippen LogP contribution in [0.1, 0.15) is 0 Å². The van der Waals surface area contributed by atoms with Gasteiger partial charge in [-0.1, -0.05) is 24.8 Å². The van der Waals surface area contributed by atoms with E-state index in [2.05, 4.69) is 11.6 Å². The van der Waals surface area contributed by atoms with E-state index in [9.17, 15) is 4.79 Å². The van der Waals surface area contributed by atoms with E-state index in [1.807, 2.05) is 30.3 Å². The fraction of sp³-hybridized carbons (Fsp3) is 0. The SMILES string of the molecule is C=CC(=O)Oc1nccn1-c1ccccc1. The van der Waals surface area contributed by atoms with Crippen LogP contribution in [0.15, 0.2) is 55.4 Å². The second kappa shape index (κ2) is 4.44. The van der Waals surface area contributed by atoms with Gasteiger partial charge in [-0.05, 0) is 12.1 Å². The third-order valence-corrected chi connectivity index (χ3v) is 2.00. The summed E-state index contributed by atoms with van der Waals surface area (Å²) in [7, 11) is 0. The summed E-state index contributed by atoms with van der Waals surface area (Å²) in [5, 5.41) is 0. The van der Waals surface area contributed by atoms with Crippen LogP contribution in [-0.4, -0.2) is 15.5 Å². The Morgan fingerprint density at radius 2 is 2.12 bits per heavy atom. The molecular formula is C12H10N2O2. The van der Waals surface area contributed by atoms with E-state index in [1.165, 1.54) is 0 Å². The number of nitrogens with zero attached hydrogens (tertiary/aromatic N) is 2. The standard InChI is InChI=1S/C12H10N2O2/c1-2-11(15)16-12-13-8-9-14(12)10-6-4-3-5-7-10/h2-9H,1H2. The summed E-state index contributed by atoms with van der Waals surface area (Å²) < 4.78 is 6.67. The van der Waals surface area contributed by atoms with Crippen molar-refractivity contribution in [1.82, 2.24) is 9.55 Å². The van der Waals surface area contributed by atoms with E-state index in [-0.39, 0.29) is 6.01 Å². The molecule has 0 spiro atoms. The third-order valence-electron chi connectivity index (χ3n) is 2.00. The largest absolute Gasteiger partial charge is 0.389 e. The van der Waals surface area contributed by atoms with Gasteiger partial charge in [-0.25, -0.2) is 9.78 Å². The van der Waals surface area contributed by atoms with Crippen LogP contribution in [0.2, 0.25) is 0 Å². The number of carbonyl (C=O) groups excluding carboxylic acids is 1. The number of benzene rings is 1. The number of hydrogen-bond donors (Lipinski definition) is 0. The van der Waals surface area contributed by atoms with E-state index in [1.54, 1.807) is 17.0 Å². The van der Waals surface area contributed by atoms with Gasteiger partial charge >= 0.3 is 12.0 Å². The molecule has 0 radical (unpaired) electrons. The molecule has 0 amide bonds. The molecule has 4 nitrogen and oxygen atoms in total. The highest BCUT2D eigenvalue weighted by molar-refractivity contribution is 5.82. The zero-order chi connectivity index (χ0) is 11.4. The summed E-state index contributed by atoms with van der Waals surface area (Å²) in [6.45, 7) is 3.33. The molecule has 4 heteroatoms. The summed E-state index contributed by atoms with van der Waals surface area (Å²) in [6, 6.07) is 9.73. The number of para-hydroxylation sites is 1. The average molecular weight is 214 g/mol. The molecule has 16 heavy (non-hydrogen) atoms. The van der Waals surface area contributed by atoms with Crippen molar-refractivity contribution < 1.29 is 9.53 Å². The van der Waals surface area contributed by atoms with Crippen molar-refractivity contribution in [3.05, 3.63) is 55.4 Å². The topological polar surface area (TPSA) is 44.1 Å². The summed E-state index contributed by atoms with van der Waals surface area (Å²) in [5.74, 6) is -0.525. The summed E-state index contributed by atoms with van der Waals surface area (Å²) >= 11 is 0. The van der Waals surface area contributed by atoms with Gasteiger partial charge in [0.05, 0.1) is 5.69 Å². The first kappa shape index (κ1) is 10.2. The molecule has 0 aliphatic carbocycles. The van der Waals surface area contributed by atoms with E-state index in [0.717, 1.165) is 11.8 Å². The van der Waals surface area contributed by atoms with Crippen LogP contribution in [0.4, 0.5) is 0 Å². The fourth-order valence-electron chi connectivity index (χ4n) is 1.28. The molecule has 1 heterocycles. The van der Waals surface area contributed by atoms with Crippen LogP contribution in [0.5, 0.6) is 6.01 Å². The Hall–Kier alpha value is -2.36. The van der Waals surface area contributed by atoms with Gasteiger partial charge in [0.1, 0.15) is 0 Å². The number of rotatable bonds is 3. The van der Waals surface area contributed by atoms with Gasteiger partial charge in [0, 0.05) is 18.5 Å². The van der Waals surface area contributed by atoms with Crippen molar-refractivity contribution in [2.24, 2.45) is 0 Å². The maximum Gasteiger partial charge on any atom is 0.337 e. The quantitative estimate of drug-likeness (QED) is 0.579. The van der Waals surface area contributed by atoms with E-state index < -0.39 is 5.97 Å². The number of hydrogen-bond acceptors (Lipinski definition) is 3. The Kier molecular flexibility index (Phi) is 2.82. The number of imidazole rings is 1. The predicted molar refractivity (Wildman–Crippen MR) is 59.4 cm³/mol. The maximum absolute atomic E-state index is 11.1. The van der Waals surface area contributed by atoms with Crippen molar-refractivity contribution >= 4 is 5.97 Å². The molecule has 2 rings (SSSR count). The minimum atomic E-state index is -0.525. The second-order valence-corrected chi connectivity index (χ2v) is 3.04. The van der Waals surface area contributed by atoms with Crippen LogP contribution < -0.4 is 4.74 Å². The average Bonchev–Trinajstić information content (AvgIpc) is 2.78. The zero-order valence-electron chi connectivity index (χ0n) is 8.54. The Morgan fingerprint density at radius 1 is 1.38 bits per heavy atom. The van der Waals surface area contributed by atoms with Crippen molar-refractivity contribution in [2.75, 3.05) is 0 Å². The minimum Gasteiger partial charge on any atom is -0.389 e. The molecule has 80 valence electrons. The lowest BCUT2D eigenvalue weighted by Gasteiger charge is -2.05. The molecule has 0 atom stereocenters. The lowest BCUT2D eigenvalue weighted by Crippen LogP contribution is -2.08. The normalized spacial score (nSPS) is 9.75. The molecule has 2 aromatic rings. The van der Waals surface area contributed by atoms with Crippen LogP contribution in [0.25, 0.3) is 5.69 Å². The highest BCUT2D eigenvalue weighted by Crippen LogP contribution is 2.15. The van der Waals surface area contributed by atoms with Gasteiger partial charge in [0.25, 0.3) is 0 Å². The van der Waals surface area contributed by atoms with Gasteiger partial charge in [0.15, 0.2) is 0 Å². The smallest absolute Gasteiger partial charge is 0.337 e. The van der Waals surface area contributed by atoms with Crippen LogP contribution in [0.3, 0.4) is 0 Å². The Balaban J connectivity index is 2.33. The van der Waals surface area contributed by atoms with Crippen molar-refractivity contribution in [3.8, 4) is 11.7 Å². The Labute approximate surface area is 92.8 Å². The van der Waals surface area contributed by atoms with Gasteiger partial charge in [-0.2, -0.15) is 0 Å². The highest BCUT2D eigenvalue weighted by Gasteiger charge is 2.08. The molecule has 0 unspecified atom stereocenters. The molecule has 0 aliphatic heterocycles. The fourth-order valence-corrected chi connectivity index (χ4v) is 1.28. The Bertz CT molecular complexity index is 503. The summed E-state index contributed by atoms with van der Waals surface area (Å²) in [5.41, 5.74) is 0.881. The molecule has 0 fully saturated rings. The summed E-state index contributed by atoms with van der Waals surface area (Å²) in [4.78, 5) is 15.0. The van der Waals surface area contributed by atoms with Crippen molar-refractivity contribution in [2.45, 2.75) is 0 Å². The Morgan fingerprint density at radius 3 is 2.81 bits per heavy atom. The van der Waals surface area contributed by atoms with Crippen LogP contribution >= 0.6 is 0 Å². The number of esters is 1. The van der Waals surface area contributed by atoms with E-state index in [0.29, 0.717) is 0 Å². The minimum absolute atomic E-state index is 0.233. The van der Waals surface area contributed by atoms with Crippen molar-refractivity contribution in [3.63, 3.8) is 0 Å². The summed E-state index contributed by atoms with van der Waals surface area (Å²) in [6.07, 6.45) is 4.39. The van der Waals surface area contributed by atoms with Gasteiger partial charge < -0.3 is 4.74 Å². The second-order valence-electron chi connectivity index (χ2n) is 3.04. The van der Waals surface area contributed by atoms with E-state index in [4.69, 9.17) is 4.74 Å². The first-order valence-electron chi connectivity index (χ1n) is 4.74. The lowest BCUT2D eigenvalue weighted by molar-refractivity contribution is -0.129. The van der Waals surface area contributed by atoms with Crippen LogP contribution in [0, 0.1) is 0 Å². The maximum atomic E-state index is 11.1. The highest BCUT2D eigenvalue weighted by atomic mass is 16.5. The molecule has 0 saturated carbocycles. The zero-order valence-corrected chi connectivity index (χ0v) is 8.54. The number of ether oxygens (including phenoxy) is 1. The molecule has 0 N–H and O–H groups in total. The third kappa shape index (κ3) is 2.00. The van der Waals surface area contributed by atoms with Crippen LogP contribution in [-0.2, 0) is 4.79 Å². The molecule has 0 saturated heterocycles.